The van der Waals surface area contributed by atoms with Crippen molar-refractivity contribution in [2.24, 2.45) is 5.92 Å². The molecule has 2 nitrogen and oxygen atoms in total. The van der Waals surface area contributed by atoms with Crippen LogP contribution in [0.1, 0.15) is 32.3 Å². The van der Waals surface area contributed by atoms with Crippen molar-refractivity contribution in [1.82, 2.24) is 0 Å². The number of hydrogen-bond donors (Lipinski definition) is 1. The molecule has 2 rings (SSSR count). The van der Waals surface area contributed by atoms with Gasteiger partial charge in [0, 0.05) is 0 Å². The molecule has 1 aromatic carbocycles. The van der Waals surface area contributed by atoms with Crippen molar-refractivity contribution in [3.63, 3.8) is 0 Å². The quantitative estimate of drug-likeness (QED) is 0.918. The summed E-state index contributed by atoms with van der Waals surface area (Å²) in [5.74, 6) is 1.61. The predicted molar refractivity (Wildman–Crippen MR) is 67.6 cm³/mol. The van der Waals surface area contributed by atoms with E-state index < -0.39 is 5.60 Å². The van der Waals surface area contributed by atoms with E-state index in [1.54, 1.807) is 13.8 Å². The highest BCUT2D eigenvalue weighted by Crippen LogP contribution is 2.33. The summed E-state index contributed by atoms with van der Waals surface area (Å²) < 4.78 is 6.61. The number of benzene rings is 1. The molecule has 1 N–H and O–H groups in total. The summed E-state index contributed by atoms with van der Waals surface area (Å²) >= 11 is 3.47. The standard InChI is InChI=1S/C13H17BrO2/c1-13(2,15)10-5-6-12(11(14)7-10)16-8-9-3-4-9/h5-7,9,15H,3-4,8H2,1-2H3. The molecular weight excluding hydrogens is 268 g/mol. The van der Waals surface area contributed by atoms with Crippen molar-refractivity contribution >= 4 is 15.9 Å². The second-order valence-corrected chi connectivity index (χ2v) is 5.81. The number of aliphatic hydroxyl groups is 1. The Morgan fingerprint density at radius 2 is 2.12 bits per heavy atom. The highest BCUT2D eigenvalue weighted by atomic mass is 79.9. The van der Waals surface area contributed by atoms with E-state index in [-0.39, 0.29) is 0 Å². The van der Waals surface area contributed by atoms with Crippen molar-refractivity contribution in [1.29, 1.82) is 0 Å². The van der Waals surface area contributed by atoms with E-state index >= 15 is 0 Å². The van der Waals surface area contributed by atoms with Gasteiger partial charge in [-0.3, -0.25) is 0 Å². The molecule has 88 valence electrons. The summed E-state index contributed by atoms with van der Waals surface area (Å²) in [5, 5.41) is 9.87. The minimum absolute atomic E-state index is 0.751. The van der Waals surface area contributed by atoms with Crippen LogP contribution < -0.4 is 4.74 Å². The molecule has 1 fully saturated rings. The van der Waals surface area contributed by atoms with Crippen LogP contribution in [0.5, 0.6) is 5.75 Å². The number of ether oxygens (including phenoxy) is 1. The lowest BCUT2D eigenvalue weighted by molar-refractivity contribution is 0.0784. The normalized spacial score (nSPS) is 16.2. The van der Waals surface area contributed by atoms with Gasteiger partial charge in [-0.2, -0.15) is 0 Å². The van der Waals surface area contributed by atoms with Gasteiger partial charge >= 0.3 is 0 Å². The Bertz CT molecular complexity index is 378. The minimum atomic E-state index is -0.808. The van der Waals surface area contributed by atoms with Crippen LogP contribution in [0.2, 0.25) is 0 Å². The van der Waals surface area contributed by atoms with Gasteiger partial charge in [-0.25, -0.2) is 0 Å². The van der Waals surface area contributed by atoms with Gasteiger partial charge in [0.05, 0.1) is 16.7 Å². The average molecular weight is 285 g/mol. The molecule has 16 heavy (non-hydrogen) atoms. The Hall–Kier alpha value is -0.540. The minimum Gasteiger partial charge on any atom is -0.492 e. The van der Waals surface area contributed by atoms with E-state index in [0.717, 1.165) is 28.3 Å². The lowest BCUT2D eigenvalue weighted by Gasteiger charge is -2.19. The second-order valence-electron chi connectivity index (χ2n) is 4.96. The van der Waals surface area contributed by atoms with Crippen molar-refractivity contribution in [3.05, 3.63) is 28.2 Å². The smallest absolute Gasteiger partial charge is 0.133 e. The van der Waals surface area contributed by atoms with Gasteiger partial charge in [0.2, 0.25) is 0 Å². The number of halogens is 1. The van der Waals surface area contributed by atoms with E-state index in [9.17, 15) is 5.11 Å². The fourth-order valence-electron chi connectivity index (χ4n) is 1.49. The van der Waals surface area contributed by atoms with Gasteiger partial charge in [-0.15, -0.1) is 0 Å². The zero-order chi connectivity index (χ0) is 11.8. The Morgan fingerprint density at radius 1 is 1.44 bits per heavy atom. The number of hydrogen-bond acceptors (Lipinski definition) is 2. The van der Waals surface area contributed by atoms with Crippen molar-refractivity contribution < 1.29 is 9.84 Å². The van der Waals surface area contributed by atoms with Crippen LogP contribution in [0.4, 0.5) is 0 Å². The first-order valence-corrected chi connectivity index (χ1v) is 6.41. The topological polar surface area (TPSA) is 29.5 Å². The summed E-state index contributed by atoms with van der Waals surface area (Å²) in [6.45, 7) is 4.36. The van der Waals surface area contributed by atoms with Crippen LogP contribution in [0.15, 0.2) is 22.7 Å². The van der Waals surface area contributed by atoms with E-state index in [1.807, 2.05) is 18.2 Å². The first-order valence-electron chi connectivity index (χ1n) is 5.62. The van der Waals surface area contributed by atoms with Crippen LogP contribution in [0, 0.1) is 5.92 Å². The Morgan fingerprint density at radius 3 is 2.62 bits per heavy atom. The third-order valence-electron chi connectivity index (χ3n) is 2.81. The third kappa shape index (κ3) is 2.98. The first-order chi connectivity index (χ1) is 7.47. The fraction of sp³-hybridized carbons (Fsp3) is 0.538. The Kier molecular flexibility index (Phi) is 3.27. The van der Waals surface area contributed by atoms with Crippen LogP contribution in [0.25, 0.3) is 0 Å². The molecule has 1 aliphatic carbocycles. The van der Waals surface area contributed by atoms with Crippen molar-refractivity contribution in [2.45, 2.75) is 32.3 Å². The van der Waals surface area contributed by atoms with Crippen LogP contribution in [0.3, 0.4) is 0 Å². The lowest BCUT2D eigenvalue weighted by atomic mass is 9.99. The van der Waals surface area contributed by atoms with Gasteiger partial charge in [-0.05, 0) is 66.2 Å². The summed E-state index contributed by atoms with van der Waals surface area (Å²) in [4.78, 5) is 0. The molecule has 0 aromatic heterocycles. The van der Waals surface area contributed by atoms with Crippen molar-refractivity contribution in [2.75, 3.05) is 6.61 Å². The van der Waals surface area contributed by atoms with E-state index in [0.29, 0.717) is 0 Å². The van der Waals surface area contributed by atoms with Gasteiger partial charge in [0.15, 0.2) is 0 Å². The molecule has 0 unspecified atom stereocenters. The van der Waals surface area contributed by atoms with Crippen LogP contribution in [-0.2, 0) is 5.60 Å². The number of rotatable bonds is 4. The maximum atomic E-state index is 9.87. The molecule has 0 radical (unpaired) electrons. The molecule has 0 bridgehead atoms. The molecule has 0 spiro atoms. The summed E-state index contributed by atoms with van der Waals surface area (Å²) in [6.07, 6.45) is 2.58. The van der Waals surface area contributed by atoms with Crippen molar-refractivity contribution in [3.8, 4) is 5.75 Å². The van der Waals surface area contributed by atoms with Gasteiger partial charge in [0.1, 0.15) is 5.75 Å². The van der Waals surface area contributed by atoms with Crippen LogP contribution in [-0.4, -0.2) is 11.7 Å². The molecule has 1 aromatic rings. The summed E-state index contributed by atoms with van der Waals surface area (Å²) in [7, 11) is 0. The molecule has 3 heteroatoms. The lowest BCUT2D eigenvalue weighted by Crippen LogP contribution is -2.15. The molecule has 1 aliphatic rings. The summed E-state index contributed by atoms with van der Waals surface area (Å²) in [6, 6.07) is 5.75. The monoisotopic (exact) mass is 284 g/mol. The molecule has 0 saturated heterocycles. The molecule has 0 aliphatic heterocycles. The molecular formula is C13H17BrO2. The van der Waals surface area contributed by atoms with E-state index in [2.05, 4.69) is 15.9 Å². The van der Waals surface area contributed by atoms with E-state index in [1.165, 1.54) is 12.8 Å². The maximum absolute atomic E-state index is 9.87. The molecule has 0 heterocycles. The SMILES string of the molecule is CC(C)(O)c1ccc(OCC2CC2)c(Br)c1. The van der Waals surface area contributed by atoms with Gasteiger partial charge in [-0.1, -0.05) is 6.07 Å². The second kappa shape index (κ2) is 4.38. The van der Waals surface area contributed by atoms with Crippen LogP contribution >= 0.6 is 15.9 Å². The molecule has 0 atom stereocenters. The summed E-state index contributed by atoms with van der Waals surface area (Å²) in [5.41, 5.74) is 0.0792. The fourth-order valence-corrected chi connectivity index (χ4v) is 1.98. The van der Waals surface area contributed by atoms with Gasteiger partial charge in [0.25, 0.3) is 0 Å². The largest absolute Gasteiger partial charge is 0.492 e. The van der Waals surface area contributed by atoms with Gasteiger partial charge < -0.3 is 9.84 Å². The Balaban J connectivity index is 2.09. The average Bonchev–Trinajstić information content (AvgIpc) is 2.98. The molecule has 1 saturated carbocycles. The zero-order valence-electron chi connectivity index (χ0n) is 9.66. The third-order valence-corrected chi connectivity index (χ3v) is 3.43. The first kappa shape index (κ1) is 11.9. The highest BCUT2D eigenvalue weighted by Gasteiger charge is 2.23. The van der Waals surface area contributed by atoms with E-state index in [4.69, 9.17) is 4.74 Å². The maximum Gasteiger partial charge on any atom is 0.133 e. The Labute approximate surface area is 105 Å². The predicted octanol–water partition coefficient (Wildman–Crippen LogP) is 3.47. The molecule has 0 amide bonds. The highest BCUT2D eigenvalue weighted by molar-refractivity contribution is 9.10. The zero-order valence-corrected chi connectivity index (χ0v) is 11.3.